The molecule has 0 spiro atoms. The van der Waals surface area contributed by atoms with Gasteiger partial charge in [0, 0.05) is 12.1 Å². The first-order chi connectivity index (χ1) is 12.0. The molecule has 6 nitrogen and oxygen atoms in total. The predicted molar refractivity (Wildman–Crippen MR) is 91.7 cm³/mol. The molecular weight excluding hydrogens is 325 g/mol. The summed E-state index contributed by atoms with van der Waals surface area (Å²) < 4.78 is 13.5. The van der Waals surface area contributed by atoms with Crippen molar-refractivity contribution in [2.75, 3.05) is 18.4 Å². The summed E-state index contributed by atoms with van der Waals surface area (Å²) in [6.07, 6.45) is 1.77. The largest absolute Gasteiger partial charge is 0.319 e. The lowest BCUT2D eigenvalue weighted by atomic mass is 10.0. The lowest BCUT2D eigenvalue weighted by Gasteiger charge is -2.24. The molecule has 1 atom stereocenters. The van der Waals surface area contributed by atoms with Crippen LogP contribution in [0, 0.1) is 15.9 Å². The molecule has 25 heavy (non-hydrogen) atoms. The second kappa shape index (κ2) is 7.40. The van der Waals surface area contributed by atoms with Crippen LogP contribution in [0.5, 0.6) is 0 Å². The fourth-order valence-corrected chi connectivity index (χ4v) is 3.22. The molecule has 0 unspecified atom stereocenters. The number of nitro benzene ring substituents is 1. The van der Waals surface area contributed by atoms with Gasteiger partial charge >= 0.3 is 0 Å². The molecule has 0 saturated carbocycles. The van der Waals surface area contributed by atoms with E-state index in [2.05, 4.69) is 5.32 Å². The van der Waals surface area contributed by atoms with Crippen molar-refractivity contribution in [3.05, 3.63) is 70.0 Å². The number of nitro groups is 1. The van der Waals surface area contributed by atoms with Crippen molar-refractivity contribution < 1.29 is 14.1 Å². The van der Waals surface area contributed by atoms with Crippen LogP contribution in [-0.4, -0.2) is 28.8 Å². The van der Waals surface area contributed by atoms with Crippen LogP contribution in [0.15, 0.2) is 48.5 Å². The van der Waals surface area contributed by atoms with Gasteiger partial charge < -0.3 is 5.32 Å². The maximum atomic E-state index is 13.5. The lowest BCUT2D eigenvalue weighted by Crippen LogP contribution is -2.33. The van der Waals surface area contributed by atoms with E-state index in [1.807, 2.05) is 11.0 Å². The Morgan fingerprint density at radius 3 is 2.84 bits per heavy atom. The molecule has 7 heteroatoms. The number of likely N-dealkylation sites (tertiary alicyclic amines) is 1. The highest BCUT2D eigenvalue weighted by Gasteiger charge is 2.28. The van der Waals surface area contributed by atoms with Gasteiger partial charge in [0.15, 0.2) is 0 Å². The quantitative estimate of drug-likeness (QED) is 0.666. The summed E-state index contributed by atoms with van der Waals surface area (Å²) in [6, 6.07) is 12.4. The van der Waals surface area contributed by atoms with E-state index in [1.165, 1.54) is 24.3 Å². The number of carbonyl (C=O) groups is 1. The van der Waals surface area contributed by atoms with Crippen LogP contribution in [0.2, 0.25) is 0 Å². The van der Waals surface area contributed by atoms with E-state index in [4.69, 9.17) is 0 Å². The van der Waals surface area contributed by atoms with Crippen molar-refractivity contribution in [2.45, 2.75) is 18.9 Å². The molecule has 0 aromatic heterocycles. The Labute approximate surface area is 144 Å². The van der Waals surface area contributed by atoms with Crippen LogP contribution >= 0.6 is 0 Å². The fourth-order valence-electron chi connectivity index (χ4n) is 3.22. The Bertz CT molecular complexity index is 797. The maximum Gasteiger partial charge on any atom is 0.292 e. The van der Waals surface area contributed by atoms with E-state index >= 15 is 0 Å². The number of hydrogen-bond acceptors (Lipinski definition) is 4. The first kappa shape index (κ1) is 17.0. The zero-order valence-corrected chi connectivity index (χ0v) is 13.5. The Morgan fingerprint density at radius 2 is 2.08 bits per heavy atom. The number of para-hydroxylation sites is 2. The number of rotatable bonds is 5. The number of anilines is 1. The third kappa shape index (κ3) is 4.00. The normalized spacial score (nSPS) is 17.4. The van der Waals surface area contributed by atoms with Gasteiger partial charge in [0.05, 0.1) is 11.5 Å². The number of carbonyl (C=O) groups excluding carboxylic acids is 1. The minimum Gasteiger partial charge on any atom is -0.319 e. The second-order valence-corrected chi connectivity index (χ2v) is 6.01. The lowest BCUT2D eigenvalue weighted by molar-refractivity contribution is -0.383. The monoisotopic (exact) mass is 343 g/mol. The fraction of sp³-hybridized carbons (Fsp3) is 0.278. The van der Waals surface area contributed by atoms with Crippen LogP contribution in [-0.2, 0) is 4.79 Å². The summed E-state index contributed by atoms with van der Waals surface area (Å²) in [5.74, 6) is -0.619. The molecule has 0 bridgehead atoms. The van der Waals surface area contributed by atoms with E-state index in [1.54, 1.807) is 18.2 Å². The van der Waals surface area contributed by atoms with E-state index in [0.717, 1.165) is 24.9 Å². The molecule has 2 aromatic carbocycles. The van der Waals surface area contributed by atoms with Crippen LogP contribution in [0.1, 0.15) is 24.4 Å². The van der Waals surface area contributed by atoms with Gasteiger partial charge in [-0.25, -0.2) is 4.39 Å². The molecule has 0 aliphatic carbocycles. The number of nitrogens with one attached hydrogen (secondary N) is 1. The minimum absolute atomic E-state index is 0.0211. The maximum absolute atomic E-state index is 13.5. The minimum atomic E-state index is -0.527. The molecule has 1 saturated heterocycles. The first-order valence-corrected chi connectivity index (χ1v) is 8.07. The van der Waals surface area contributed by atoms with Gasteiger partial charge in [-0.2, -0.15) is 0 Å². The van der Waals surface area contributed by atoms with Crippen LogP contribution in [0.4, 0.5) is 15.8 Å². The van der Waals surface area contributed by atoms with Crippen molar-refractivity contribution in [3.63, 3.8) is 0 Å². The van der Waals surface area contributed by atoms with Gasteiger partial charge in [-0.05, 0) is 43.1 Å². The third-order valence-corrected chi connectivity index (χ3v) is 4.32. The molecule has 1 aliphatic rings. The molecule has 130 valence electrons. The summed E-state index contributed by atoms with van der Waals surface area (Å²) in [4.78, 5) is 24.8. The summed E-state index contributed by atoms with van der Waals surface area (Å²) >= 11 is 0. The molecule has 1 heterocycles. The van der Waals surface area contributed by atoms with Gasteiger partial charge in [-0.15, -0.1) is 0 Å². The van der Waals surface area contributed by atoms with Crippen molar-refractivity contribution in [1.82, 2.24) is 4.90 Å². The van der Waals surface area contributed by atoms with Gasteiger partial charge in [-0.1, -0.05) is 24.3 Å². The van der Waals surface area contributed by atoms with Gasteiger partial charge in [0.1, 0.15) is 11.5 Å². The molecule has 1 N–H and O–H groups in total. The third-order valence-electron chi connectivity index (χ3n) is 4.32. The topological polar surface area (TPSA) is 75.5 Å². The Morgan fingerprint density at radius 1 is 1.28 bits per heavy atom. The van der Waals surface area contributed by atoms with Crippen molar-refractivity contribution in [2.24, 2.45) is 0 Å². The van der Waals surface area contributed by atoms with Crippen LogP contribution in [0.3, 0.4) is 0 Å². The molecule has 1 amide bonds. The summed E-state index contributed by atoms with van der Waals surface area (Å²) in [6.45, 7) is 0.832. The summed E-state index contributed by atoms with van der Waals surface area (Å²) in [5, 5.41) is 13.6. The number of halogens is 1. The summed E-state index contributed by atoms with van der Waals surface area (Å²) in [5.41, 5.74) is 0.883. The number of hydrogen-bond donors (Lipinski definition) is 1. The average Bonchev–Trinajstić information content (AvgIpc) is 3.03. The smallest absolute Gasteiger partial charge is 0.292 e. The zero-order chi connectivity index (χ0) is 17.8. The molecule has 1 aliphatic heterocycles. The first-order valence-electron chi connectivity index (χ1n) is 8.07. The standard InChI is InChI=1S/C18H18FN3O3/c19-14-6-3-5-13(11-14)16-9-4-10-21(16)12-18(23)20-15-7-1-2-8-17(15)22(24)25/h1-3,5-8,11,16H,4,9-10,12H2,(H,20,23)/t16-/m1/s1. The van der Waals surface area contributed by atoms with Crippen LogP contribution in [0.25, 0.3) is 0 Å². The van der Waals surface area contributed by atoms with E-state index < -0.39 is 4.92 Å². The average molecular weight is 343 g/mol. The predicted octanol–water partition coefficient (Wildman–Crippen LogP) is 3.51. The SMILES string of the molecule is O=C(CN1CCC[C@@H]1c1cccc(F)c1)Nc1ccccc1[N+](=O)[O-]. The van der Waals surface area contributed by atoms with Crippen molar-refractivity contribution in [1.29, 1.82) is 0 Å². The summed E-state index contributed by atoms with van der Waals surface area (Å²) in [7, 11) is 0. The molecule has 1 fully saturated rings. The zero-order valence-electron chi connectivity index (χ0n) is 13.5. The highest BCUT2D eigenvalue weighted by Crippen LogP contribution is 2.32. The van der Waals surface area contributed by atoms with Crippen LogP contribution < -0.4 is 5.32 Å². The van der Waals surface area contributed by atoms with Gasteiger partial charge in [-0.3, -0.25) is 19.8 Å². The Kier molecular flexibility index (Phi) is 5.04. The number of amides is 1. The van der Waals surface area contributed by atoms with E-state index in [9.17, 15) is 19.3 Å². The van der Waals surface area contributed by atoms with Crippen molar-refractivity contribution in [3.8, 4) is 0 Å². The van der Waals surface area contributed by atoms with E-state index in [-0.39, 0.29) is 35.7 Å². The van der Waals surface area contributed by atoms with Gasteiger partial charge in [0.2, 0.25) is 5.91 Å². The molecule has 2 aromatic rings. The molecule has 3 rings (SSSR count). The molecular formula is C18H18FN3O3. The highest BCUT2D eigenvalue weighted by molar-refractivity contribution is 5.94. The second-order valence-electron chi connectivity index (χ2n) is 6.01. The molecule has 0 radical (unpaired) electrons. The number of nitrogens with zero attached hydrogens (tertiary/aromatic N) is 2. The highest BCUT2D eigenvalue weighted by atomic mass is 19.1. The Balaban J connectivity index is 1.69. The van der Waals surface area contributed by atoms with Gasteiger partial charge in [0.25, 0.3) is 5.69 Å². The van der Waals surface area contributed by atoms with E-state index in [0.29, 0.717) is 0 Å². The van der Waals surface area contributed by atoms with Crippen molar-refractivity contribution >= 4 is 17.3 Å². The Hall–Kier alpha value is -2.80. The number of benzene rings is 2.